The van der Waals surface area contributed by atoms with E-state index in [1.807, 2.05) is 13.8 Å². The Morgan fingerprint density at radius 2 is 2.31 bits per heavy atom. The highest BCUT2D eigenvalue weighted by molar-refractivity contribution is 5.80. The van der Waals surface area contributed by atoms with Crippen LogP contribution in [-0.4, -0.2) is 32.3 Å². The Morgan fingerprint density at radius 3 is 2.77 bits per heavy atom. The predicted molar refractivity (Wildman–Crippen MR) is 51.2 cm³/mol. The molecule has 0 aliphatic carbocycles. The highest BCUT2D eigenvalue weighted by Crippen LogP contribution is 1.84. The molecule has 0 aliphatic rings. The molecule has 0 saturated carbocycles. The van der Waals surface area contributed by atoms with E-state index in [4.69, 9.17) is 10.00 Å². The summed E-state index contributed by atoms with van der Waals surface area (Å²) in [5.41, 5.74) is 0. The SMILES string of the molecule is CN/C(=N\C#N)NCCOC(C)C. The number of hydrogen-bond acceptors (Lipinski definition) is 3. The zero-order valence-electron chi connectivity index (χ0n) is 8.29. The van der Waals surface area contributed by atoms with Gasteiger partial charge in [-0.2, -0.15) is 5.26 Å². The van der Waals surface area contributed by atoms with E-state index < -0.39 is 0 Å². The molecule has 0 rings (SSSR count). The van der Waals surface area contributed by atoms with Gasteiger partial charge in [0, 0.05) is 13.6 Å². The maximum Gasteiger partial charge on any atom is 0.209 e. The van der Waals surface area contributed by atoms with Crippen molar-refractivity contribution < 1.29 is 4.74 Å². The predicted octanol–water partition coefficient (Wildman–Crippen LogP) is 0.0575. The summed E-state index contributed by atoms with van der Waals surface area (Å²) in [7, 11) is 1.70. The molecule has 0 fully saturated rings. The normalized spacial score (nSPS) is 11.2. The first-order valence-corrected chi connectivity index (χ1v) is 4.20. The third-order valence-corrected chi connectivity index (χ3v) is 1.24. The fraction of sp³-hybridized carbons (Fsp3) is 0.750. The van der Waals surface area contributed by atoms with Crippen LogP contribution in [0.1, 0.15) is 13.8 Å². The average Bonchev–Trinajstić information content (AvgIpc) is 2.10. The van der Waals surface area contributed by atoms with Crippen molar-refractivity contribution in [2.24, 2.45) is 4.99 Å². The van der Waals surface area contributed by atoms with Gasteiger partial charge in [-0.3, -0.25) is 0 Å². The molecule has 0 unspecified atom stereocenters. The van der Waals surface area contributed by atoms with Crippen LogP contribution in [0.15, 0.2) is 4.99 Å². The van der Waals surface area contributed by atoms with Crippen LogP contribution in [0.2, 0.25) is 0 Å². The molecule has 0 amide bonds. The Kier molecular flexibility index (Phi) is 6.65. The van der Waals surface area contributed by atoms with Gasteiger partial charge in [-0.1, -0.05) is 0 Å². The molecule has 0 atom stereocenters. The first kappa shape index (κ1) is 11.7. The summed E-state index contributed by atoms with van der Waals surface area (Å²) in [6.45, 7) is 5.19. The molecule has 0 spiro atoms. The molecule has 0 aliphatic heterocycles. The quantitative estimate of drug-likeness (QED) is 0.280. The maximum atomic E-state index is 8.26. The van der Waals surface area contributed by atoms with E-state index in [0.717, 1.165) is 0 Å². The van der Waals surface area contributed by atoms with Crippen molar-refractivity contribution in [3.8, 4) is 6.19 Å². The minimum absolute atomic E-state index is 0.229. The molecule has 74 valence electrons. The van der Waals surface area contributed by atoms with Crippen molar-refractivity contribution >= 4 is 5.96 Å². The zero-order chi connectivity index (χ0) is 10.1. The number of nitriles is 1. The lowest BCUT2D eigenvalue weighted by Gasteiger charge is -2.09. The standard InChI is InChI=1S/C8H16N4O/c1-7(2)13-5-4-11-8(10-3)12-6-9/h7H,4-5H2,1-3H3,(H2,10,11,12). The van der Waals surface area contributed by atoms with Crippen LogP contribution < -0.4 is 10.6 Å². The summed E-state index contributed by atoms with van der Waals surface area (Å²) in [6.07, 6.45) is 1.92. The minimum Gasteiger partial charge on any atom is -0.377 e. The zero-order valence-corrected chi connectivity index (χ0v) is 8.29. The summed E-state index contributed by atoms with van der Waals surface area (Å²) in [4.78, 5) is 3.50. The van der Waals surface area contributed by atoms with Crippen LogP contribution in [0, 0.1) is 11.5 Å². The number of nitrogens with zero attached hydrogens (tertiary/aromatic N) is 2. The molecule has 0 radical (unpaired) electrons. The Morgan fingerprint density at radius 1 is 1.62 bits per heavy atom. The van der Waals surface area contributed by atoms with Gasteiger partial charge in [0.15, 0.2) is 0 Å². The lowest BCUT2D eigenvalue weighted by atomic mass is 10.5. The molecule has 5 nitrogen and oxygen atoms in total. The molecule has 0 aromatic carbocycles. The lowest BCUT2D eigenvalue weighted by Crippen LogP contribution is -2.36. The van der Waals surface area contributed by atoms with E-state index in [1.165, 1.54) is 0 Å². The van der Waals surface area contributed by atoms with Gasteiger partial charge in [0.05, 0.1) is 12.7 Å². The average molecular weight is 184 g/mol. The van der Waals surface area contributed by atoms with Crippen molar-refractivity contribution in [3.63, 3.8) is 0 Å². The Bertz CT molecular complexity index is 195. The molecular formula is C8H16N4O. The molecular weight excluding hydrogens is 168 g/mol. The molecule has 0 heterocycles. The van der Waals surface area contributed by atoms with Gasteiger partial charge in [-0.05, 0) is 13.8 Å². The second-order valence-corrected chi connectivity index (χ2v) is 2.66. The van der Waals surface area contributed by atoms with Crippen LogP contribution in [0.5, 0.6) is 0 Å². The lowest BCUT2D eigenvalue weighted by molar-refractivity contribution is 0.0829. The van der Waals surface area contributed by atoms with E-state index in [-0.39, 0.29) is 6.10 Å². The highest BCUT2D eigenvalue weighted by Gasteiger charge is 1.95. The number of ether oxygens (including phenoxy) is 1. The third-order valence-electron chi connectivity index (χ3n) is 1.24. The summed E-state index contributed by atoms with van der Waals surface area (Å²) in [6, 6.07) is 0. The van der Waals surface area contributed by atoms with E-state index in [2.05, 4.69) is 15.6 Å². The molecule has 5 heteroatoms. The van der Waals surface area contributed by atoms with Gasteiger partial charge in [-0.15, -0.1) is 4.99 Å². The summed E-state index contributed by atoms with van der Waals surface area (Å²) in [5, 5.41) is 13.9. The van der Waals surface area contributed by atoms with E-state index in [0.29, 0.717) is 19.1 Å². The van der Waals surface area contributed by atoms with Gasteiger partial charge in [0.1, 0.15) is 0 Å². The molecule has 0 aromatic heterocycles. The smallest absolute Gasteiger partial charge is 0.209 e. The fourth-order valence-electron chi connectivity index (χ4n) is 0.698. The number of rotatable bonds is 4. The summed E-state index contributed by atoms with van der Waals surface area (Å²) >= 11 is 0. The Balaban J connectivity index is 3.52. The van der Waals surface area contributed by atoms with Gasteiger partial charge >= 0.3 is 0 Å². The van der Waals surface area contributed by atoms with Crippen molar-refractivity contribution in [1.82, 2.24) is 10.6 Å². The largest absolute Gasteiger partial charge is 0.377 e. The van der Waals surface area contributed by atoms with Crippen molar-refractivity contribution in [2.45, 2.75) is 20.0 Å². The van der Waals surface area contributed by atoms with Crippen LogP contribution in [0.3, 0.4) is 0 Å². The molecule has 13 heavy (non-hydrogen) atoms. The van der Waals surface area contributed by atoms with E-state index in [1.54, 1.807) is 13.2 Å². The molecule has 0 saturated heterocycles. The van der Waals surface area contributed by atoms with Gasteiger partial charge < -0.3 is 15.4 Å². The summed E-state index contributed by atoms with van der Waals surface area (Å²) < 4.78 is 5.29. The van der Waals surface area contributed by atoms with E-state index in [9.17, 15) is 0 Å². The Hall–Kier alpha value is -1.28. The fourth-order valence-corrected chi connectivity index (χ4v) is 0.698. The first-order chi connectivity index (χ1) is 6.20. The number of guanidine groups is 1. The van der Waals surface area contributed by atoms with Crippen molar-refractivity contribution in [3.05, 3.63) is 0 Å². The molecule has 2 N–H and O–H groups in total. The number of hydrogen-bond donors (Lipinski definition) is 2. The molecule has 0 aromatic rings. The second kappa shape index (κ2) is 7.37. The number of nitrogens with one attached hydrogen (secondary N) is 2. The first-order valence-electron chi connectivity index (χ1n) is 4.20. The van der Waals surface area contributed by atoms with Crippen LogP contribution in [0.25, 0.3) is 0 Å². The van der Waals surface area contributed by atoms with Crippen molar-refractivity contribution in [1.29, 1.82) is 5.26 Å². The van der Waals surface area contributed by atoms with Crippen LogP contribution >= 0.6 is 0 Å². The van der Waals surface area contributed by atoms with Crippen LogP contribution in [0.4, 0.5) is 0 Å². The summed E-state index contributed by atoms with van der Waals surface area (Å²) in [5.74, 6) is 0.467. The van der Waals surface area contributed by atoms with Crippen LogP contribution in [-0.2, 0) is 4.74 Å². The Labute approximate surface area is 78.8 Å². The third kappa shape index (κ3) is 7.09. The van der Waals surface area contributed by atoms with E-state index >= 15 is 0 Å². The van der Waals surface area contributed by atoms with Gasteiger partial charge in [0.2, 0.25) is 12.2 Å². The van der Waals surface area contributed by atoms with Crippen molar-refractivity contribution in [2.75, 3.05) is 20.2 Å². The van der Waals surface area contributed by atoms with Gasteiger partial charge in [0.25, 0.3) is 0 Å². The minimum atomic E-state index is 0.229. The number of aliphatic imine (C=N–C) groups is 1. The highest BCUT2D eigenvalue weighted by atomic mass is 16.5. The maximum absolute atomic E-state index is 8.26. The topological polar surface area (TPSA) is 69.4 Å². The molecule has 0 bridgehead atoms. The second-order valence-electron chi connectivity index (χ2n) is 2.66. The monoisotopic (exact) mass is 184 g/mol. The van der Waals surface area contributed by atoms with Gasteiger partial charge in [-0.25, -0.2) is 0 Å².